The Kier molecular flexibility index (Phi) is 4.71. The van der Waals surface area contributed by atoms with Crippen molar-refractivity contribution in [2.75, 3.05) is 5.73 Å². The van der Waals surface area contributed by atoms with E-state index in [0.29, 0.717) is 0 Å². The molecule has 1 aliphatic rings. The minimum absolute atomic E-state index is 0.130. The zero-order chi connectivity index (χ0) is 19.0. The number of hydrogen-bond donors (Lipinski definition) is 5. The Bertz CT molecular complexity index is 840. The van der Waals surface area contributed by atoms with Crippen LogP contribution in [0.5, 0.6) is 0 Å². The molecular weight excluding hydrogens is 350 g/mol. The standard InChI is InChI=1S/C14H17N5O7/c15-11-8-12(17-3-16-11)19(4-18-8)13-10(23)9(22)6(26-13)1-5(14(24)25)2-7(20)21/h3-6,9-10,13,22-23H,1-2H2,(H,20,21)(H,24,25)(H2,15,16,17)/t5-,6+,9+,10+,13+/m0/s1. The van der Waals surface area contributed by atoms with Gasteiger partial charge in [-0.15, -0.1) is 0 Å². The Morgan fingerprint density at radius 3 is 2.62 bits per heavy atom. The SMILES string of the molecule is Nc1ncnc2c1ncn2[C@@H]1O[C@H](C[C@@H](CC(=O)O)C(=O)O)[C@@H](O)[C@H]1O. The fourth-order valence-electron chi connectivity index (χ4n) is 2.97. The molecule has 1 saturated heterocycles. The predicted octanol–water partition coefficient (Wildman–Crippen LogP) is -1.41. The molecule has 1 aliphatic heterocycles. The highest BCUT2D eigenvalue weighted by Crippen LogP contribution is 2.35. The second-order valence-corrected chi connectivity index (χ2v) is 6.00. The number of fused-ring (bicyclic) bond motifs is 1. The van der Waals surface area contributed by atoms with Gasteiger partial charge in [-0.1, -0.05) is 0 Å². The predicted molar refractivity (Wildman–Crippen MR) is 83.7 cm³/mol. The van der Waals surface area contributed by atoms with Crippen LogP contribution in [0.4, 0.5) is 5.82 Å². The van der Waals surface area contributed by atoms with E-state index in [2.05, 4.69) is 15.0 Å². The molecule has 0 spiro atoms. The maximum absolute atomic E-state index is 11.2. The van der Waals surface area contributed by atoms with Crippen LogP contribution in [0.25, 0.3) is 11.2 Å². The number of nitrogens with two attached hydrogens (primary N) is 1. The van der Waals surface area contributed by atoms with Gasteiger partial charge in [0.25, 0.3) is 0 Å². The number of aromatic nitrogens is 4. The first-order chi connectivity index (χ1) is 12.3. The average molecular weight is 367 g/mol. The number of aliphatic carboxylic acids is 2. The summed E-state index contributed by atoms with van der Waals surface area (Å²) in [7, 11) is 0. The quantitative estimate of drug-likeness (QED) is 0.402. The summed E-state index contributed by atoms with van der Waals surface area (Å²) >= 11 is 0. The van der Waals surface area contributed by atoms with E-state index in [-0.39, 0.29) is 23.4 Å². The number of aliphatic hydroxyl groups excluding tert-OH is 2. The summed E-state index contributed by atoms with van der Waals surface area (Å²) < 4.78 is 6.96. The number of imidazole rings is 1. The number of aliphatic hydroxyl groups is 2. The van der Waals surface area contributed by atoms with Crippen molar-refractivity contribution in [1.29, 1.82) is 0 Å². The highest BCUT2D eigenvalue weighted by atomic mass is 16.6. The lowest BCUT2D eigenvalue weighted by Gasteiger charge is -2.18. The van der Waals surface area contributed by atoms with E-state index in [1.807, 2.05) is 0 Å². The Morgan fingerprint density at radius 2 is 1.96 bits per heavy atom. The first-order valence-corrected chi connectivity index (χ1v) is 7.68. The van der Waals surface area contributed by atoms with E-state index >= 15 is 0 Å². The summed E-state index contributed by atoms with van der Waals surface area (Å²) in [5.74, 6) is -3.74. The molecule has 0 amide bonds. The number of nitrogen functional groups attached to an aromatic ring is 1. The minimum Gasteiger partial charge on any atom is -0.481 e. The molecule has 3 rings (SSSR count). The number of carboxylic acid groups (broad SMARTS) is 2. The molecule has 3 heterocycles. The van der Waals surface area contributed by atoms with E-state index in [0.717, 1.165) is 0 Å². The third kappa shape index (κ3) is 3.16. The normalized spacial score (nSPS) is 26.8. The smallest absolute Gasteiger partial charge is 0.307 e. The highest BCUT2D eigenvalue weighted by molar-refractivity contribution is 5.81. The number of anilines is 1. The van der Waals surface area contributed by atoms with Crippen molar-refractivity contribution >= 4 is 28.9 Å². The molecule has 5 atom stereocenters. The average Bonchev–Trinajstić information content (AvgIpc) is 3.11. The Morgan fingerprint density at radius 1 is 1.23 bits per heavy atom. The van der Waals surface area contributed by atoms with Gasteiger partial charge in [-0.2, -0.15) is 0 Å². The van der Waals surface area contributed by atoms with Crippen molar-refractivity contribution in [2.45, 2.75) is 37.4 Å². The molecule has 0 aliphatic carbocycles. The van der Waals surface area contributed by atoms with Crippen molar-refractivity contribution in [3.63, 3.8) is 0 Å². The molecule has 6 N–H and O–H groups in total. The molecule has 2 aromatic rings. The van der Waals surface area contributed by atoms with E-state index in [1.165, 1.54) is 17.2 Å². The van der Waals surface area contributed by atoms with Gasteiger partial charge in [0, 0.05) is 0 Å². The van der Waals surface area contributed by atoms with Gasteiger partial charge in [-0.05, 0) is 6.42 Å². The van der Waals surface area contributed by atoms with Crippen LogP contribution in [0.3, 0.4) is 0 Å². The Hall–Kier alpha value is -2.83. The third-order valence-corrected chi connectivity index (χ3v) is 4.29. The molecule has 140 valence electrons. The number of carbonyl (C=O) groups is 2. The lowest BCUT2D eigenvalue weighted by atomic mass is 9.95. The van der Waals surface area contributed by atoms with Crippen molar-refractivity contribution in [3.05, 3.63) is 12.7 Å². The number of ether oxygens (including phenoxy) is 1. The summed E-state index contributed by atoms with van der Waals surface area (Å²) in [5, 5.41) is 38.5. The Labute approximate surface area is 145 Å². The zero-order valence-corrected chi connectivity index (χ0v) is 13.3. The first-order valence-electron chi connectivity index (χ1n) is 7.68. The van der Waals surface area contributed by atoms with Crippen LogP contribution in [-0.4, -0.2) is 70.2 Å². The molecule has 0 aromatic carbocycles. The van der Waals surface area contributed by atoms with Gasteiger partial charge in [-0.3, -0.25) is 14.2 Å². The van der Waals surface area contributed by atoms with Gasteiger partial charge in [0.2, 0.25) is 0 Å². The van der Waals surface area contributed by atoms with Crippen LogP contribution in [0.15, 0.2) is 12.7 Å². The molecule has 0 radical (unpaired) electrons. The van der Waals surface area contributed by atoms with Crippen molar-refractivity contribution in [2.24, 2.45) is 5.92 Å². The van der Waals surface area contributed by atoms with Crippen LogP contribution in [0.2, 0.25) is 0 Å². The van der Waals surface area contributed by atoms with Gasteiger partial charge in [0.1, 0.15) is 24.1 Å². The van der Waals surface area contributed by atoms with Gasteiger partial charge in [0.15, 0.2) is 17.7 Å². The molecule has 2 aromatic heterocycles. The van der Waals surface area contributed by atoms with Crippen molar-refractivity contribution in [1.82, 2.24) is 19.5 Å². The molecule has 26 heavy (non-hydrogen) atoms. The lowest BCUT2D eigenvalue weighted by Crippen LogP contribution is -2.34. The van der Waals surface area contributed by atoms with Gasteiger partial charge in [-0.25, -0.2) is 15.0 Å². The second-order valence-electron chi connectivity index (χ2n) is 6.00. The maximum Gasteiger partial charge on any atom is 0.307 e. The first kappa shape index (κ1) is 18.0. The van der Waals surface area contributed by atoms with E-state index in [4.69, 9.17) is 20.7 Å². The van der Waals surface area contributed by atoms with Gasteiger partial charge < -0.3 is 30.9 Å². The monoisotopic (exact) mass is 367 g/mol. The van der Waals surface area contributed by atoms with Crippen LogP contribution >= 0.6 is 0 Å². The number of carboxylic acids is 2. The topological polar surface area (TPSA) is 194 Å². The molecular formula is C14H17N5O7. The zero-order valence-electron chi connectivity index (χ0n) is 13.3. The fraction of sp³-hybridized carbons (Fsp3) is 0.500. The van der Waals surface area contributed by atoms with Crippen LogP contribution < -0.4 is 5.73 Å². The third-order valence-electron chi connectivity index (χ3n) is 4.29. The largest absolute Gasteiger partial charge is 0.481 e. The van der Waals surface area contributed by atoms with Crippen LogP contribution in [-0.2, 0) is 14.3 Å². The molecule has 12 nitrogen and oxygen atoms in total. The molecule has 1 fully saturated rings. The molecule has 0 unspecified atom stereocenters. The molecule has 0 bridgehead atoms. The van der Waals surface area contributed by atoms with Gasteiger partial charge in [0.05, 0.1) is 24.8 Å². The Balaban J connectivity index is 1.84. The van der Waals surface area contributed by atoms with Crippen molar-refractivity contribution in [3.8, 4) is 0 Å². The highest BCUT2D eigenvalue weighted by Gasteiger charge is 2.45. The van der Waals surface area contributed by atoms with E-state index in [1.54, 1.807) is 0 Å². The summed E-state index contributed by atoms with van der Waals surface area (Å²) in [4.78, 5) is 33.9. The summed E-state index contributed by atoms with van der Waals surface area (Å²) in [6, 6.07) is 0. The maximum atomic E-state index is 11.2. The summed E-state index contributed by atoms with van der Waals surface area (Å²) in [6.07, 6.45) is -3.36. The lowest BCUT2D eigenvalue weighted by molar-refractivity contribution is -0.150. The number of hydrogen-bond acceptors (Lipinski definition) is 9. The molecule has 0 saturated carbocycles. The summed E-state index contributed by atoms with van der Waals surface area (Å²) in [6.45, 7) is 0. The summed E-state index contributed by atoms with van der Waals surface area (Å²) in [5.41, 5.74) is 6.26. The number of rotatable bonds is 6. The van der Waals surface area contributed by atoms with Gasteiger partial charge >= 0.3 is 11.9 Å². The second kappa shape index (κ2) is 6.82. The van der Waals surface area contributed by atoms with Crippen LogP contribution in [0.1, 0.15) is 19.1 Å². The van der Waals surface area contributed by atoms with E-state index in [9.17, 15) is 19.8 Å². The molecule has 12 heteroatoms. The minimum atomic E-state index is -1.41. The van der Waals surface area contributed by atoms with Crippen molar-refractivity contribution < 1.29 is 34.8 Å². The fourth-order valence-corrected chi connectivity index (χ4v) is 2.97. The number of nitrogens with zero attached hydrogens (tertiary/aromatic N) is 4. The van der Waals surface area contributed by atoms with E-state index < -0.39 is 48.8 Å². The van der Waals surface area contributed by atoms with Crippen LogP contribution in [0, 0.1) is 5.92 Å².